The van der Waals surface area contributed by atoms with E-state index in [4.69, 9.17) is 11.6 Å². The zero-order chi connectivity index (χ0) is 18.5. The number of nitrogens with one attached hydrogen (secondary N) is 2. The molecule has 0 aliphatic heterocycles. The van der Waals surface area contributed by atoms with Gasteiger partial charge in [-0.1, -0.05) is 30.9 Å². The van der Waals surface area contributed by atoms with Gasteiger partial charge < -0.3 is 10.6 Å². The number of anilines is 1. The third kappa shape index (κ3) is 4.61. The average molecular weight is 372 g/mol. The van der Waals surface area contributed by atoms with Gasteiger partial charge in [0.15, 0.2) is 0 Å². The van der Waals surface area contributed by atoms with E-state index in [1.54, 1.807) is 24.3 Å². The first-order chi connectivity index (χ1) is 12.5. The molecular weight excluding hydrogens is 350 g/mol. The topological polar surface area (TPSA) is 71.1 Å². The molecule has 1 aliphatic rings. The highest BCUT2D eigenvalue weighted by molar-refractivity contribution is 6.30. The summed E-state index contributed by atoms with van der Waals surface area (Å²) in [5.41, 5.74) is 2.29. The van der Waals surface area contributed by atoms with Crippen molar-refractivity contribution in [3.63, 3.8) is 0 Å². The van der Waals surface area contributed by atoms with Crippen molar-refractivity contribution in [3.8, 4) is 0 Å². The molecule has 1 aromatic carbocycles. The van der Waals surface area contributed by atoms with Crippen molar-refractivity contribution in [2.24, 2.45) is 0 Å². The fraction of sp³-hybridized carbons (Fsp3) is 0.350. The smallest absolute Gasteiger partial charge is 0.257 e. The monoisotopic (exact) mass is 371 g/mol. The summed E-state index contributed by atoms with van der Waals surface area (Å²) in [6.45, 7) is 1.87. The minimum Gasteiger partial charge on any atom is -0.349 e. The molecule has 1 heterocycles. The van der Waals surface area contributed by atoms with Crippen LogP contribution < -0.4 is 10.6 Å². The fourth-order valence-corrected chi connectivity index (χ4v) is 3.39. The van der Waals surface area contributed by atoms with Gasteiger partial charge in [0, 0.05) is 29.1 Å². The molecule has 0 bridgehead atoms. The fourth-order valence-electron chi connectivity index (χ4n) is 3.17. The third-order valence-electron chi connectivity index (χ3n) is 4.64. The van der Waals surface area contributed by atoms with E-state index in [-0.39, 0.29) is 17.9 Å². The number of hydrogen-bond donors (Lipinski definition) is 2. The van der Waals surface area contributed by atoms with Gasteiger partial charge in [0.2, 0.25) is 0 Å². The van der Waals surface area contributed by atoms with Crippen LogP contribution in [0.1, 0.15) is 58.4 Å². The van der Waals surface area contributed by atoms with Gasteiger partial charge in [-0.2, -0.15) is 0 Å². The molecule has 0 radical (unpaired) electrons. The highest BCUT2D eigenvalue weighted by Gasteiger charge is 2.18. The largest absolute Gasteiger partial charge is 0.349 e. The minimum atomic E-state index is -0.310. The molecule has 1 aromatic heterocycles. The lowest BCUT2D eigenvalue weighted by molar-refractivity contribution is 0.0927. The Morgan fingerprint density at radius 2 is 1.73 bits per heavy atom. The quantitative estimate of drug-likeness (QED) is 0.838. The summed E-state index contributed by atoms with van der Waals surface area (Å²) in [6.07, 6.45) is 8.48. The van der Waals surface area contributed by atoms with Gasteiger partial charge in [-0.3, -0.25) is 14.6 Å². The molecule has 1 aliphatic carbocycles. The number of carbonyl (C=O) groups is 2. The third-order valence-corrected chi connectivity index (χ3v) is 4.87. The van der Waals surface area contributed by atoms with Crippen molar-refractivity contribution in [1.29, 1.82) is 0 Å². The highest BCUT2D eigenvalue weighted by Crippen LogP contribution is 2.21. The first-order valence-electron chi connectivity index (χ1n) is 8.86. The first-order valence-corrected chi connectivity index (χ1v) is 9.24. The van der Waals surface area contributed by atoms with Crippen LogP contribution in [0.25, 0.3) is 0 Å². The SMILES string of the molecule is Cc1cc(Cl)ccc1NC(=O)c1cncc(C(=O)NC2CCCCC2)c1. The molecule has 0 atom stereocenters. The Bertz CT molecular complexity index is 816. The zero-order valence-electron chi connectivity index (χ0n) is 14.7. The molecule has 2 amide bonds. The lowest BCUT2D eigenvalue weighted by atomic mass is 9.95. The Balaban J connectivity index is 1.69. The highest BCUT2D eigenvalue weighted by atomic mass is 35.5. The normalized spacial score (nSPS) is 14.7. The first kappa shape index (κ1) is 18.4. The van der Waals surface area contributed by atoms with Crippen LogP contribution in [0.4, 0.5) is 5.69 Å². The van der Waals surface area contributed by atoms with Crippen LogP contribution in [-0.2, 0) is 0 Å². The number of halogens is 1. The number of pyridine rings is 1. The van der Waals surface area contributed by atoms with Crippen molar-refractivity contribution in [1.82, 2.24) is 10.3 Å². The maximum Gasteiger partial charge on any atom is 0.257 e. The number of aromatic nitrogens is 1. The van der Waals surface area contributed by atoms with Crippen molar-refractivity contribution in [2.45, 2.75) is 45.1 Å². The van der Waals surface area contributed by atoms with E-state index < -0.39 is 0 Å². The van der Waals surface area contributed by atoms with E-state index in [0.717, 1.165) is 31.2 Å². The zero-order valence-corrected chi connectivity index (χ0v) is 15.5. The number of benzene rings is 1. The molecule has 0 spiro atoms. The Labute approximate surface area is 158 Å². The van der Waals surface area contributed by atoms with Crippen LogP contribution >= 0.6 is 11.6 Å². The molecule has 1 fully saturated rings. The van der Waals surface area contributed by atoms with Gasteiger partial charge in [0.05, 0.1) is 11.1 Å². The molecule has 2 N–H and O–H groups in total. The molecule has 136 valence electrons. The molecule has 0 saturated heterocycles. The Hall–Kier alpha value is -2.40. The molecule has 0 unspecified atom stereocenters. The molecular formula is C20H22ClN3O2. The molecule has 3 rings (SSSR count). The van der Waals surface area contributed by atoms with E-state index in [2.05, 4.69) is 15.6 Å². The Morgan fingerprint density at radius 1 is 1.04 bits per heavy atom. The lowest BCUT2D eigenvalue weighted by Crippen LogP contribution is -2.36. The van der Waals surface area contributed by atoms with Crippen LogP contribution in [0.15, 0.2) is 36.7 Å². The number of hydrogen-bond acceptors (Lipinski definition) is 3. The molecule has 5 nitrogen and oxygen atoms in total. The second-order valence-electron chi connectivity index (χ2n) is 6.68. The van der Waals surface area contributed by atoms with E-state index in [0.29, 0.717) is 21.8 Å². The van der Waals surface area contributed by atoms with Gasteiger partial charge in [-0.05, 0) is 49.6 Å². The number of carbonyl (C=O) groups excluding carboxylic acids is 2. The summed E-state index contributed by atoms with van der Waals surface area (Å²) in [6, 6.07) is 7.04. The number of aryl methyl sites for hydroxylation is 1. The van der Waals surface area contributed by atoms with E-state index in [1.165, 1.54) is 18.8 Å². The maximum atomic E-state index is 12.5. The van der Waals surface area contributed by atoms with Crippen LogP contribution in [-0.4, -0.2) is 22.8 Å². The van der Waals surface area contributed by atoms with Crippen LogP contribution in [0.2, 0.25) is 5.02 Å². The number of amides is 2. The summed E-state index contributed by atoms with van der Waals surface area (Å²) in [7, 11) is 0. The van der Waals surface area contributed by atoms with E-state index in [9.17, 15) is 9.59 Å². The summed E-state index contributed by atoms with van der Waals surface area (Å²) in [5.74, 6) is -0.489. The standard InChI is InChI=1S/C20H22ClN3O2/c1-13-9-16(21)7-8-18(13)24-20(26)15-10-14(11-22-12-15)19(25)23-17-5-3-2-4-6-17/h7-12,17H,2-6H2,1H3,(H,23,25)(H,24,26). The van der Waals surface area contributed by atoms with Crippen LogP contribution in [0.5, 0.6) is 0 Å². The van der Waals surface area contributed by atoms with Crippen LogP contribution in [0.3, 0.4) is 0 Å². The summed E-state index contributed by atoms with van der Waals surface area (Å²) in [4.78, 5) is 29.0. The summed E-state index contributed by atoms with van der Waals surface area (Å²) >= 11 is 5.94. The van der Waals surface area contributed by atoms with E-state index in [1.807, 2.05) is 6.92 Å². The van der Waals surface area contributed by atoms with Crippen molar-refractivity contribution in [3.05, 3.63) is 58.4 Å². The molecule has 26 heavy (non-hydrogen) atoms. The Kier molecular flexibility index (Phi) is 5.89. The second-order valence-corrected chi connectivity index (χ2v) is 7.12. The predicted molar refractivity (Wildman–Crippen MR) is 103 cm³/mol. The average Bonchev–Trinajstić information content (AvgIpc) is 2.65. The Morgan fingerprint density at radius 3 is 2.42 bits per heavy atom. The van der Waals surface area contributed by atoms with Crippen molar-refractivity contribution >= 4 is 29.1 Å². The molecule has 2 aromatic rings. The van der Waals surface area contributed by atoms with Crippen molar-refractivity contribution < 1.29 is 9.59 Å². The van der Waals surface area contributed by atoms with Gasteiger partial charge >= 0.3 is 0 Å². The van der Waals surface area contributed by atoms with Gasteiger partial charge in [0.25, 0.3) is 11.8 Å². The molecule has 1 saturated carbocycles. The number of rotatable bonds is 4. The van der Waals surface area contributed by atoms with Gasteiger partial charge in [-0.15, -0.1) is 0 Å². The molecule has 6 heteroatoms. The van der Waals surface area contributed by atoms with Gasteiger partial charge in [0.1, 0.15) is 0 Å². The summed E-state index contributed by atoms with van der Waals surface area (Å²) in [5, 5.41) is 6.49. The second kappa shape index (κ2) is 8.32. The minimum absolute atomic E-state index is 0.179. The maximum absolute atomic E-state index is 12.5. The predicted octanol–water partition coefficient (Wildman–Crippen LogP) is 4.36. The number of nitrogens with zero attached hydrogens (tertiary/aromatic N) is 1. The van der Waals surface area contributed by atoms with E-state index >= 15 is 0 Å². The summed E-state index contributed by atoms with van der Waals surface area (Å²) < 4.78 is 0. The lowest BCUT2D eigenvalue weighted by Gasteiger charge is -2.22. The van der Waals surface area contributed by atoms with Crippen LogP contribution in [0, 0.1) is 6.92 Å². The van der Waals surface area contributed by atoms with Gasteiger partial charge in [-0.25, -0.2) is 0 Å². The van der Waals surface area contributed by atoms with Crippen molar-refractivity contribution in [2.75, 3.05) is 5.32 Å².